The van der Waals surface area contributed by atoms with Crippen LogP contribution in [-0.2, 0) is 13.0 Å². The lowest BCUT2D eigenvalue weighted by Gasteiger charge is -2.22. The second-order valence-corrected chi connectivity index (χ2v) is 5.57. The number of nitrogens with zero attached hydrogens (tertiary/aromatic N) is 4. The molecule has 0 radical (unpaired) electrons. The first-order chi connectivity index (χ1) is 10.8. The van der Waals surface area contributed by atoms with Crippen molar-refractivity contribution in [2.24, 2.45) is 0 Å². The summed E-state index contributed by atoms with van der Waals surface area (Å²) in [6, 6.07) is 7.84. The Labute approximate surface area is 128 Å². The number of imidazole rings is 1. The first-order valence-electron chi connectivity index (χ1n) is 7.57. The quantitative estimate of drug-likeness (QED) is 0.728. The first kappa shape index (κ1) is 13.1. The third-order valence-electron chi connectivity index (χ3n) is 4.40. The van der Waals surface area contributed by atoms with Crippen molar-refractivity contribution in [2.75, 3.05) is 0 Å². The van der Waals surface area contributed by atoms with Crippen LogP contribution >= 0.6 is 0 Å². The molecule has 110 valence electrons. The number of carbonyl (C=O) groups is 1. The summed E-state index contributed by atoms with van der Waals surface area (Å²) in [5.41, 5.74) is 4.27. The Hall–Kier alpha value is -2.56. The summed E-state index contributed by atoms with van der Waals surface area (Å²) < 4.78 is 1.97. The summed E-state index contributed by atoms with van der Waals surface area (Å²) in [7, 11) is 0. The van der Waals surface area contributed by atoms with Crippen LogP contribution in [-0.4, -0.2) is 25.3 Å². The van der Waals surface area contributed by atoms with Gasteiger partial charge in [-0.05, 0) is 25.3 Å². The van der Waals surface area contributed by atoms with E-state index in [0.29, 0.717) is 0 Å². The standard InChI is InChI=1S/C17H16N4O/c1-2-21-10-20-15-14(18-9-19-17(15)21)13-8-7-11-5-3-4-6-12(11)16(13)22/h3-6,9-10,13H,2,7-8H2,1H3. The smallest absolute Gasteiger partial charge is 0.172 e. The van der Waals surface area contributed by atoms with E-state index in [4.69, 9.17) is 0 Å². The van der Waals surface area contributed by atoms with Gasteiger partial charge in [0.05, 0.1) is 17.9 Å². The normalized spacial score (nSPS) is 17.7. The Morgan fingerprint density at radius 1 is 1.23 bits per heavy atom. The molecule has 5 nitrogen and oxygen atoms in total. The van der Waals surface area contributed by atoms with Crippen molar-refractivity contribution < 1.29 is 4.79 Å². The number of fused-ring (bicyclic) bond motifs is 2. The fraction of sp³-hybridized carbons (Fsp3) is 0.294. The molecular formula is C17H16N4O. The van der Waals surface area contributed by atoms with Crippen molar-refractivity contribution in [3.05, 3.63) is 53.7 Å². The van der Waals surface area contributed by atoms with Gasteiger partial charge in [-0.15, -0.1) is 0 Å². The molecule has 1 aromatic carbocycles. The van der Waals surface area contributed by atoms with Crippen molar-refractivity contribution in [2.45, 2.75) is 32.2 Å². The number of aromatic nitrogens is 4. The zero-order valence-corrected chi connectivity index (χ0v) is 12.4. The van der Waals surface area contributed by atoms with Gasteiger partial charge in [-0.3, -0.25) is 4.79 Å². The molecule has 3 aromatic rings. The molecule has 0 saturated heterocycles. The van der Waals surface area contributed by atoms with E-state index in [1.807, 2.05) is 35.8 Å². The summed E-state index contributed by atoms with van der Waals surface area (Å²) >= 11 is 0. The Balaban J connectivity index is 1.84. The molecule has 1 unspecified atom stereocenters. The molecule has 0 bridgehead atoms. The Morgan fingerprint density at radius 2 is 2.09 bits per heavy atom. The third-order valence-corrected chi connectivity index (χ3v) is 4.40. The minimum absolute atomic E-state index is 0.146. The highest BCUT2D eigenvalue weighted by Gasteiger charge is 2.31. The average Bonchev–Trinajstić information content (AvgIpc) is 2.99. The van der Waals surface area contributed by atoms with Crippen LogP contribution in [0.3, 0.4) is 0 Å². The number of benzene rings is 1. The topological polar surface area (TPSA) is 60.7 Å². The van der Waals surface area contributed by atoms with Gasteiger partial charge in [-0.1, -0.05) is 24.3 Å². The molecule has 1 atom stereocenters. The van der Waals surface area contributed by atoms with Crippen LogP contribution in [0.25, 0.3) is 11.2 Å². The third kappa shape index (κ3) is 1.85. The summed E-state index contributed by atoms with van der Waals surface area (Å²) in [5.74, 6) is -0.0755. The van der Waals surface area contributed by atoms with Crippen LogP contribution < -0.4 is 0 Å². The highest BCUT2D eigenvalue weighted by atomic mass is 16.1. The Kier molecular flexibility index (Phi) is 2.99. The number of rotatable bonds is 2. The molecule has 2 aromatic heterocycles. The summed E-state index contributed by atoms with van der Waals surface area (Å²) in [5, 5.41) is 0. The van der Waals surface area contributed by atoms with E-state index < -0.39 is 0 Å². The summed E-state index contributed by atoms with van der Waals surface area (Å²) in [6.07, 6.45) is 4.98. The molecule has 0 N–H and O–H groups in total. The Bertz CT molecular complexity index is 868. The van der Waals surface area contributed by atoms with Gasteiger partial charge in [0.1, 0.15) is 11.8 Å². The van der Waals surface area contributed by atoms with Gasteiger partial charge >= 0.3 is 0 Å². The molecule has 1 aliphatic rings. The van der Waals surface area contributed by atoms with Crippen LogP contribution in [0.5, 0.6) is 0 Å². The van der Waals surface area contributed by atoms with Crippen LogP contribution in [0.4, 0.5) is 0 Å². The fourth-order valence-corrected chi connectivity index (χ4v) is 3.24. The van der Waals surface area contributed by atoms with E-state index in [1.54, 1.807) is 12.7 Å². The molecule has 1 aliphatic carbocycles. The maximum absolute atomic E-state index is 12.8. The SMILES string of the molecule is CCn1cnc2c(C3CCc4ccccc4C3=O)ncnc21. The predicted molar refractivity (Wildman–Crippen MR) is 82.8 cm³/mol. The van der Waals surface area contributed by atoms with Crippen molar-refractivity contribution in [1.82, 2.24) is 19.5 Å². The molecule has 0 aliphatic heterocycles. The molecule has 0 amide bonds. The van der Waals surface area contributed by atoms with Gasteiger partial charge in [-0.25, -0.2) is 15.0 Å². The largest absolute Gasteiger partial charge is 0.315 e. The summed E-state index contributed by atoms with van der Waals surface area (Å²) in [6.45, 7) is 2.85. The highest BCUT2D eigenvalue weighted by Crippen LogP contribution is 2.33. The molecule has 0 saturated carbocycles. The van der Waals surface area contributed by atoms with E-state index >= 15 is 0 Å². The average molecular weight is 292 g/mol. The van der Waals surface area contributed by atoms with Crippen LogP contribution in [0, 0.1) is 0 Å². The number of hydrogen-bond acceptors (Lipinski definition) is 4. The van der Waals surface area contributed by atoms with Crippen LogP contribution in [0.15, 0.2) is 36.9 Å². The molecule has 4 rings (SSSR count). The first-order valence-corrected chi connectivity index (χ1v) is 7.57. The number of aryl methyl sites for hydroxylation is 2. The maximum Gasteiger partial charge on any atom is 0.172 e. The minimum Gasteiger partial charge on any atom is -0.315 e. The van der Waals surface area contributed by atoms with E-state index in [1.165, 1.54) is 0 Å². The van der Waals surface area contributed by atoms with Crippen molar-refractivity contribution in [3.8, 4) is 0 Å². The molecule has 0 fully saturated rings. The Morgan fingerprint density at radius 3 is 2.95 bits per heavy atom. The van der Waals surface area contributed by atoms with E-state index in [9.17, 15) is 4.79 Å². The lowest BCUT2D eigenvalue weighted by atomic mass is 9.81. The van der Waals surface area contributed by atoms with Crippen LogP contribution in [0.1, 0.15) is 40.9 Å². The number of Topliss-reactive ketones (excluding diaryl/α,β-unsaturated/α-hetero) is 1. The minimum atomic E-state index is -0.222. The highest BCUT2D eigenvalue weighted by molar-refractivity contribution is 6.04. The monoisotopic (exact) mass is 292 g/mol. The van der Waals surface area contributed by atoms with Gasteiger partial charge in [0, 0.05) is 12.1 Å². The van der Waals surface area contributed by atoms with Crippen LogP contribution in [0.2, 0.25) is 0 Å². The lowest BCUT2D eigenvalue weighted by Crippen LogP contribution is -2.22. The van der Waals surface area contributed by atoms with Gasteiger partial charge in [0.2, 0.25) is 0 Å². The van der Waals surface area contributed by atoms with Gasteiger partial charge < -0.3 is 4.57 Å². The number of hydrogen-bond donors (Lipinski definition) is 0. The molecule has 5 heteroatoms. The zero-order valence-electron chi connectivity index (χ0n) is 12.4. The van der Waals surface area contributed by atoms with Crippen molar-refractivity contribution in [3.63, 3.8) is 0 Å². The number of ketones is 1. The predicted octanol–water partition coefficient (Wildman–Crippen LogP) is 2.76. The number of carbonyl (C=O) groups excluding carboxylic acids is 1. The fourth-order valence-electron chi connectivity index (χ4n) is 3.24. The zero-order chi connectivity index (χ0) is 15.1. The molecule has 2 heterocycles. The van der Waals surface area contributed by atoms with Gasteiger partial charge in [-0.2, -0.15) is 0 Å². The van der Waals surface area contributed by atoms with E-state index in [-0.39, 0.29) is 11.7 Å². The summed E-state index contributed by atoms with van der Waals surface area (Å²) in [4.78, 5) is 26.0. The second-order valence-electron chi connectivity index (χ2n) is 5.57. The lowest BCUT2D eigenvalue weighted by molar-refractivity contribution is 0.0945. The van der Waals surface area contributed by atoms with Crippen molar-refractivity contribution >= 4 is 16.9 Å². The van der Waals surface area contributed by atoms with Gasteiger partial charge in [0.15, 0.2) is 11.4 Å². The maximum atomic E-state index is 12.8. The van der Waals surface area contributed by atoms with Crippen molar-refractivity contribution in [1.29, 1.82) is 0 Å². The van der Waals surface area contributed by atoms with Gasteiger partial charge in [0.25, 0.3) is 0 Å². The van der Waals surface area contributed by atoms with E-state index in [2.05, 4.69) is 15.0 Å². The second kappa shape index (κ2) is 5.02. The van der Waals surface area contributed by atoms with E-state index in [0.717, 1.165) is 47.4 Å². The molecule has 0 spiro atoms. The molecule has 22 heavy (non-hydrogen) atoms. The molecular weight excluding hydrogens is 276 g/mol.